The highest BCUT2D eigenvalue weighted by Crippen LogP contribution is 2.39. The zero-order chi connectivity index (χ0) is 25.2. The summed E-state index contributed by atoms with van der Waals surface area (Å²) in [4.78, 5) is 35.7. The number of piperidine rings is 1. The standard InChI is InChI=1S/C25H30N8O3/c1-32-12-20(9-28-32)29-24-22(23(26)35)27-10-21(31-24)33-11-15(14-34)8-19(13-33)30-25(36)18-6-4-17(5-7-18)16-2-3-16/h4-7,9-10,12,15-16,19,34H,2-3,8,11,13-14H2,1H3,(H2,26,35)(H,29,31)(H,30,36)/t15-,19-/m0/s1. The van der Waals surface area contributed by atoms with E-state index in [1.165, 1.54) is 24.6 Å². The van der Waals surface area contributed by atoms with Crippen LogP contribution in [0, 0.1) is 5.92 Å². The largest absolute Gasteiger partial charge is 0.396 e. The Morgan fingerprint density at radius 2 is 1.94 bits per heavy atom. The molecule has 0 radical (unpaired) electrons. The van der Waals surface area contributed by atoms with Crippen molar-refractivity contribution >= 4 is 29.1 Å². The quantitative estimate of drug-likeness (QED) is 0.371. The number of nitrogens with one attached hydrogen (secondary N) is 2. The van der Waals surface area contributed by atoms with Gasteiger partial charge in [-0.2, -0.15) is 5.10 Å². The summed E-state index contributed by atoms with van der Waals surface area (Å²) in [5, 5.41) is 20.2. The third-order valence-corrected chi connectivity index (χ3v) is 6.64. The predicted molar refractivity (Wildman–Crippen MR) is 134 cm³/mol. The predicted octanol–water partition coefficient (Wildman–Crippen LogP) is 1.55. The number of primary amides is 1. The van der Waals surface area contributed by atoms with E-state index in [0.29, 0.717) is 42.5 Å². The number of aryl methyl sites for hydroxylation is 1. The molecule has 3 aromatic rings. The van der Waals surface area contributed by atoms with Gasteiger partial charge in [-0.15, -0.1) is 0 Å². The van der Waals surface area contributed by atoms with Crippen LogP contribution in [-0.4, -0.2) is 62.4 Å². The molecular weight excluding hydrogens is 460 g/mol. The first-order chi connectivity index (χ1) is 17.4. The zero-order valence-electron chi connectivity index (χ0n) is 20.1. The van der Waals surface area contributed by atoms with Gasteiger partial charge in [-0.05, 0) is 42.9 Å². The molecule has 0 spiro atoms. The Kier molecular flexibility index (Phi) is 6.55. The Balaban J connectivity index is 1.33. The number of aromatic nitrogens is 4. The lowest BCUT2D eigenvalue weighted by Crippen LogP contribution is -2.52. The van der Waals surface area contributed by atoms with Crippen molar-refractivity contribution in [1.29, 1.82) is 0 Å². The molecule has 36 heavy (non-hydrogen) atoms. The van der Waals surface area contributed by atoms with Crippen molar-refractivity contribution in [3.63, 3.8) is 0 Å². The van der Waals surface area contributed by atoms with Crippen LogP contribution in [0.15, 0.2) is 42.9 Å². The van der Waals surface area contributed by atoms with Gasteiger partial charge in [0, 0.05) is 50.5 Å². The molecule has 5 rings (SSSR count). The van der Waals surface area contributed by atoms with Crippen molar-refractivity contribution < 1.29 is 14.7 Å². The molecule has 11 nitrogen and oxygen atoms in total. The normalized spacial score (nSPS) is 19.7. The second-order valence-electron chi connectivity index (χ2n) is 9.57. The molecule has 1 aliphatic carbocycles. The van der Waals surface area contributed by atoms with Crippen molar-refractivity contribution in [2.75, 3.05) is 29.9 Å². The minimum atomic E-state index is -0.704. The number of hydrogen-bond donors (Lipinski definition) is 4. The van der Waals surface area contributed by atoms with Crippen LogP contribution in [0.3, 0.4) is 0 Å². The van der Waals surface area contributed by atoms with Gasteiger partial charge in [0.05, 0.1) is 18.1 Å². The Labute approximate surface area is 208 Å². The highest BCUT2D eigenvalue weighted by atomic mass is 16.3. The minimum Gasteiger partial charge on any atom is -0.396 e. The summed E-state index contributed by atoms with van der Waals surface area (Å²) in [6, 6.07) is 7.61. The molecule has 2 fully saturated rings. The fourth-order valence-corrected chi connectivity index (χ4v) is 4.64. The van der Waals surface area contributed by atoms with Gasteiger partial charge in [0.2, 0.25) is 0 Å². The second kappa shape index (κ2) is 9.94. The zero-order valence-corrected chi connectivity index (χ0v) is 20.1. The van der Waals surface area contributed by atoms with Crippen LogP contribution < -0.4 is 21.3 Å². The maximum atomic E-state index is 12.9. The second-order valence-corrected chi connectivity index (χ2v) is 9.57. The van der Waals surface area contributed by atoms with Gasteiger partial charge in [0.25, 0.3) is 11.8 Å². The van der Waals surface area contributed by atoms with E-state index in [2.05, 4.69) is 25.7 Å². The van der Waals surface area contributed by atoms with Crippen molar-refractivity contribution in [2.24, 2.45) is 18.7 Å². The van der Waals surface area contributed by atoms with Gasteiger partial charge in [-0.25, -0.2) is 9.97 Å². The molecule has 1 aromatic carbocycles. The monoisotopic (exact) mass is 490 g/mol. The lowest BCUT2D eigenvalue weighted by molar-refractivity contribution is 0.0918. The molecule has 1 saturated carbocycles. The van der Waals surface area contributed by atoms with Gasteiger partial charge in [0.15, 0.2) is 11.5 Å². The Hall–Kier alpha value is -3.99. The number of rotatable bonds is 8. The van der Waals surface area contributed by atoms with Crippen molar-refractivity contribution in [2.45, 2.75) is 31.2 Å². The third kappa shape index (κ3) is 5.30. The maximum absolute atomic E-state index is 12.9. The summed E-state index contributed by atoms with van der Waals surface area (Å²) in [5.41, 5.74) is 8.06. The third-order valence-electron chi connectivity index (χ3n) is 6.64. The molecule has 0 unspecified atom stereocenters. The number of nitrogens with zero attached hydrogens (tertiary/aromatic N) is 5. The lowest BCUT2D eigenvalue weighted by atomic mass is 9.94. The van der Waals surface area contributed by atoms with Crippen LogP contribution in [0.2, 0.25) is 0 Å². The van der Waals surface area contributed by atoms with Gasteiger partial charge in [-0.3, -0.25) is 14.3 Å². The van der Waals surface area contributed by atoms with E-state index in [1.807, 2.05) is 29.2 Å². The number of carbonyl (C=O) groups excluding carboxylic acids is 2. The molecule has 1 saturated heterocycles. The number of amides is 2. The molecule has 188 valence electrons. The number of benzene rings is 1. The summed E-state index contributed by atoms with van der Waals surface area (Å²) in [5.74, 6) is 0.459. The minimum absolute atomic E-state index is 0.0119. The molecule has 2 atom stereocenters. The summed E-state index contributed by atoms with van der Waals surface area (Å²) < 4.78 is 1.62. The first kappa shape index (κ1) is 23.7. The summed E-state index contributed by atoms with van der Waals surface area (Å²) >= 11 is 0. The molecule has 2 aliphatic rings. The first-order valence-corrected chi connectivity index (χ1v) is 12.1. The summed E-state index contributed by atoms with van der Waals surface area (Å²) in [6.07, 6.45) is 7.91. The van der Waals surface area contributed by atoms with Crippen molar-refractivity contribution in [3.05, 3.63) is 59.7 Å². The fourth-order valence-electron chi connectivity index (χ4n) is 4.64. The van der Waals surface area contributed by atoms with E-state index in [0.717, 1.165) is 0 Å². The van der Waals surface area contributed by atoms with Crippen LogP contribution in [0.5, 0.6) is 0 Å². The van der Waals surface area contributed by atoms with Gasteiger partial charge >= 0.3 is 0 Å². The van der Waals surface area contributed by atoms with E-state index in [-0.39, 0.29) is 36.0 Å². The molecule has 2 amide bonds. The Morgan fingerprint density at radius 3 is 2.58 bits per heavy atom. The molecular formula is C25H30N8O3. The van der Waals surface area contributed by atoms with Crippen LogP contribution >= 0.6 is 0 Å². The SMILES string of the molecule is Cn1cc(Nc2nc(N3C[C@@H](CO)C[C@H](NC(=O)c4ccc(C5CC5)cc4)C3)cnc2C(N)=O)cn1. The van der Waals surface area contributed by atoms with Crippen LogP contribution in [0.4, 0.5) is 17.3 Å². The van der Waals surface area contributed by atoms with Gasteiger partial charge in [-0.1, -0.05) is 12.1 Å². The maximum Gasteiger partial charge on any atom is 0.271 e. The van der Waals surface area contributed by atoms with Crippen LogP contribution in [-0.2, 0) is 7.05 Å². The average molecular weight is 491 g/mol. The number of nitrogens with two attached hydrogens (primary N) is 1. The van der Waals surface area contributed by atoms with Gasteiger partial charge in [0.1, 0.15) is 5.82 Å². The van der Waals surface area contributed by atoms with Crippen LogP contribution in [0.1, 0.15) is 51.6 Å². The molecule has 0 bridgehead atoms. The van der Waals surface area contributed by atoms with E-state index >= 15 is 0 Å². The van der Waals surface area contributed by atoms with Crippen molar-refractivity contribution in [1.82, 2.24) is 25.1 Å². The first-order valence-electron chi connectivity index (χ1n) is 12.1. The smallest absolute Gasteiger partial charge is 0.271 e. The number of hydrogen-bond acceptors (Lipinski definition) is 8. The average Bonchev–Trinajstić information content (AvgIpc) is 3.65. The van der Waals surface area contributed by atoms with E-state index in [9.17, 15) is 14.7 Å². The molecule has 3 heterocycles. The highest BCUT2D eigenvalue weighted by Gasteiger charge is 2.30. The highest BCUT2D eigenvalue weighted by molar-refractivity contribution is 5.96. The Morgan fingerprint density at radius 1 is 1.17 bits per heavy atom. The van der Waals surface area contributed by atoms with Crippen LogP contribution in [0.25, 0.3) is 0 Å². The van der Waals surface area contributed by atoms with E-state index in [4.69, 9.17) is 5.73 Å². The lowest BCUT2D eigenvalue weighted by Gasteiger charge is -2.38. The fraction of sp³-hybridized carbons (Fsp3) is 0.400. The molecule has 11 heteroatoms. The number of carbonyl (C=O) groups is 2. The Bertz CT molecular complexity index is 1250. The molecule has 5 N–H and O–H groups in total. The summed E-state index contributed by atoms with van der Waals surface area (Å²) in [6.45, 7) is 1.00. The number of aliphatic hydroxyl groups is 1. The molecule has 1 aliphatic heterocycles. The number of anilines is 3. The number of aliphatic hydroxyl groups excluding tert-OH is 1. The van der Waals surface area contributed by atoms with E-state index in [1.54, 1.807) is 24.1 Å². The van der Waals surface area contributed by atoms with Gasteiger partial charge < -0.3 is 26.4 Å². The molecule has 2 aromatic heterocycles. The van der Waals surface area contributed by atoms with Crippen molar-refractivity contribution in [3.8, 4) is 0 Å². The van der Waals surface area contributed by atoms with E-state index < -0.39 is 5.91 Å². The summed E-state index contributed by atoms with van der Waals surface area (Å²) in [7, 11) is 1.78. The topological polar surface area (TPSA) is 151 Å².